The summed E-state index contributed by atoms with van der Waals surface area (Å²) in [4.78, 5) is 18.1. The molecular weight excluding hydrogens is 299 g/mol. The summed E-state index contributed by atoms with van der Waals surface area (Å²) >= 11 is 0. The first kappa shape index (κ1) is 15.6. The number of carbonyl (C=O) groups is 1. The fraction of sp³-hybridized carbons (Fsp3) is 0.438. The second-order valence-electron chi connectivity index (χ2n) is 5.71. The molecule has 2 aromatic rings. The molecule has 0 N–H and O–H groups in total. The van der Waals surface area contributed by atoms with Crippen LogP contribution in [0.25, 0.3) is 0 Å². The predicted molar refractivity (Wildman–Crippen MR) is 81.3 cm³/mol. The van der Waals surface area contributed by atoms with Gasteiger partial charge in [0.1, 0.15) is 0 Å². The molecule has 0 aliphatic carbocycles. The van der Waals surface area contributed by atoms with E-state index in [9.17, 15) is 9.18 Å². The first-order valence-electron chi connectivity index (χ1n) is 7.51. The normalized spacial score (nSPS) is 20.9. The first-order valence-corrected chi connectivity index (χ1v) is 7.51. The molecule has 3 rings (SSSR count). The van der Waals surface area contributed by atoms with Crippen LogP contribution in [0.15, 0.2) is 30.9 Å². The number of hydrogen-bond donors (Lipinski definition) is 0. The standard InChI is InChI=1S/C16H19FN4O2/c1-20-10-11(8-19-20)7-14-15(23-2)4-6-21(14)16(22)12-3-5-18-9-13(12)17/h3,5,8-10,14-15H,4,6-7H2,1-2H3/t14-,15+/m1/s1. The summed E-state index contributed by atoms with van der Waals surface area (Å²) < 4.78 is 21.1. The van der Waals surface area contributed by atoms with Gasteiger partial charge in [-0.3, -0.25) is 14.5 Å². The second kappa shape index (κ2) is 6.45. The lowest BCUT2D eigenvalue weighted by atomic mass is 10.0. The number of rotatable bonds is 4. The quantitative estimate of drug-likeness (QED) is 0.855. The van der Waals surface area contributed by atoms with Crippen LogP contribution in [0.4, 0.5) is 4.39 Å². The summed E-state index contributed by atoms with van der Waals surface area (Å²) in [6.45, 7) is 0.546. The van der Waals surface area contributed by atoms with Gasteiger partial charge in [0.2, 0.25) is 0 Å². The Balaban J connectivity index is 1.84. The number of likely N-dealkylation sites (tertiary alicyclic amines) is 1. The molecule has 1 aliphatic rings. The van der Waals surface area contributed by atoms with Crippen LogP contribution in [-0.2, 0) is 18.2 Å². The van der Waals surface area contributed by atoms with Crippen LogP contribution < -0.4 is 0 Å². The molecular formula is C16H19FN4O2. The van der Waals surface area contributed by atoms with Gasteiger partial charge in [0, 0.05) is 33.1 Å². The zero-order chi connectivity index (χ0) is 16.4. The Morgan fingerprint density at radius 2 is 2.30 bits per heavy atom. The SMILES string of the molecule is CO[C@H]1CCN(C(=O)c2ccncc2F)[C@@H]1Cc1cnn(C)c1. The zero-order valence-corrected chi connectivity index (χ0v) is 13.1. The van der Waals surface area contributed by atoms with Gasteiger partial charge < -0.3 is 9.64 Å². The number of methoxy groups -OCH3 is 1. The monoisotopic (exact) mass is 318 g/mol. The maximum absolute atomic E-state index is 13.9. The van der Waals surface area contributed by atoms with Gasteiger partial charge in [-0.25, -0.2) is 4.39 Å². The number of pyridine rings is 1. The van der Waals surface area contributed by atoms with E-state index in [0.29, 0.717) is 13.0 Å². The lowest BCUT2D eigenvalue weighted by Crippen LogP contribution is -2.42. The third-order valence-electron chi connectivity index (χ3n) is 4.25. The molecule has 122 valence electrons. The molecule has 1 aliphatic heterocycles. The van der Waals surface area contributed by atoms with Crippen molar-refractivity contribution in [3.63, 3.8) is 0 Å². The summed E-state index contributed by atoms with van der Waals surface area (Å²) in [5.41, 5.74) is 1.07. The molecule has 0 unspecified atom stereocenters. The van der Waals surface area contributed by atoms with Crippen LogP contribution in [0.3, 0.4) is 0 Å². The van der Waals surface area contributed by atoms with Crippen molar-refractivity contribution in [3.05, 3.63) is 47.8 Å². The van der Waals surface area contributed by atoms with E-state index in [1.165, 1.54) is 12.3 Å². The molecule has 1 amide bonds. The topological polar surface area (TPSA) is 60.2 Å². The molecule has 0 spiro atoms. The van der Waals surface area contributed by atoms with E-state index in [4.69, 9.17) is 4.74 Å². The number of aryl methyl sites for hydroxylation is 1. The van der Waals surface area contributed by atoms with Crippen molar-refractivity contribution in [2.45, 2.75) is 25.0 Å². The molecule has 7 heteroatoms. The largest absolute Gasteiger partial charge is 0.379 e. The van der Waals surface area contributed by atoms with Crippen LogP contribution >= 0.6 is 0 Å². The van der Waals surface area contributed by atoms with Crippen molar-refractivity contribution in [1.82, 2.24) is 19.7 Å². The number of amides is 1. The molecule has 0 saturated carbocycles. The van der Waals surface area contributed by atoms with Crippen molar-refractivity contribution < 1.29 is 13.9 Å². The molecule has 1 fully saturated rings. The van der Waals surface area contributed by atoms with E-state index in [-0.39, 0.29) is 23.6 Å². The Morgan fingerprint density at radius 3 is 2.96 bits per heavy atom. The zero-order valence-electron chi connectivity index (χ0n) is 13.1. The molecule has 23 heavy (non-hydrogen) atoms. The van der Waals surface area contributed by atoms with Crippen molar-refractivity contribution in [1.29, 1.82) is 0 Å². The van der Waals surface area contributed by atoms with E-state index in [2.05, 4.69) is 10.1 Å². The van der Waals surface area contributed by atoms with Gasteiger partial charge in [-0.2, -0.15) is 5.10 Å². The van der Waals surface area contributed by atoms with Crippen LogP contribution in [0.1, 0.15) is 22.3 Å². The maximum Gasteiger partial charge on any atom is 0.257 e. The van der Waals surface area contributed by atoms with Crippen molar-refractivity contribution >= 4 is 5.91 Å². The van der Waals surface area contributed by atoms with Crippen LogP contribution in [-0.4, -0.2) is 51.4 Å². The van der Waals surface area contributed by atoms with Crippen LogP contribution in [0, 0.1) is 5.82 Å². The van der Waals surface area contributed by atoms with E-state index in [1.807, 2.05) is 13.2 Å². The maximum atomic E-state index is 13.9. The third-order valence-corrected chi connectivity index (χ3v) is 4.25. The molecule has 2 atom stereocenters. The summed E-state index contributed by atoms with van der Waals surface area (Å²) in [6, 6.07) is 1.28. The van der Waals surface area contributed by atoms with Gasteiger partial charge in [0.25, 0.3) is 5.91 Å². The molecule has 6 nitrogen and oxygen atoms in total. The molecule has 3 heterocycles. The Labute approximate surface area is 133 Å². The summed E-state index contributed by atoms with van der Waals surface area (Å²) in [5.74, 6) is -0.920. The smallest absolute Gasteiger partial charge is 0.257 e. The Kier molecular flexibility index (Phi) is 4.38. The fourth-order valence-corrected chi connectivity index (χ4v) is 3.12. The minimum atomic E-state index is -0.599. The van der Waals surface area contributed by atoms with Gasteiger partial charge in [-0.15, -0.1) is 0 Å². The number of carbonyl (C=O) groups excluding carboxylic acids is 1. The van der Waals surface area contributed by atoms with Gasteiger partial charge >= 0.3 is 0 Å². The third kappa shape index (κ3) is 3.10. The van der Waals surface area contributed by atoms with E-state index in [1.54, 1.807) is 22.9 Å². The highest BCUT2D eigenvalue weighted by Gasteiger charge is 2.38. The molecule has 0 radical (unpaired) electrons. The lowest BCUT2D eigenvalue weighted by Gasteiger charge is -2.27. The second-order valence-corrected chi connectivity index (χ2v) is 5.71. The number of halogens is 1. The Morgan fingerprint density at radius 1 is 1.48 bits per heavy atom. The van der Waals surface area contributed by atoms with E-state index < -0.39 is 5.82 Å². The van der Waals surface area contributed by atoms with E-state index in [0.717, 1.165) is 18.2 Å². The molecule has 2 aromatic heterocycles. The average molecular weight is 318 g/mol. The summed E-state index contributed by atoms with van der Waals surface area (Å²) in [7, 11) is 3.49. The van der Waals surface area contributed by atoms with Crippen molar-refractivity contribution in [2.24, 2.45) is 7.05 Å². The van der Waals surface area contributed by atoms with Gasteiger partial charge in [0.05, 0.1) is 30.1 Å². The number of hydrogen-bond acceptors (Lipinski definition) is 4. The Bertz CT molecular complexity index is 703. The predicted octanol–water partition coefficient (Wildman–Crippen LogP) is 1.43. The molecule has 0 aromatic carbocycles. The first-order chi connectivity index (χ1) is 11.1. The summed E-state index contributed by atoms with van der Waals surface area (Å²) in [6.07, 6.45) is 7.49. The van der Waals surface area contributed by atoms with Crippen LogP contribution in [0.5, 0.6) is 0 Å². The highest BCUT2D eigenvalue weighted by molar-refractivity contribution is 5.94. The average Bonchev–Trinajstić information content (AvgIpc) is 3.13. The van der Waals surface area contributed by atoms with Gasteiger partial charge in [-0.05, 0) is 24.5 Å². The summed E-state index contributed by atoms with van der Waals surface area (Å²) in [5, 5.41) is 4.16. The minimum absolute atomic E-state index is 0.0490. The van der Waals surface area contributed by atoms with Gasteiger partial charge in [-0.1, -0.05) is 0 Å². The number of aromatic nitrogens is 3. The van der Waals surface area contributed by atoms with Gasteiger partial charge in [0.15, 0.2) is 5.82 Å². The minimum Gasteiger partial charge on any atom is -0.379 e. The van der Waals surface area contributed by atoms with E-state index >= 15 is 0 Å². The van der Waals surface area contributed by atoms with Crippen LogP contribution in [0.2, 0.25) is 0 Å². The van der Waals surface area contributed by atoms with Crippen molar-refractivity contribution in [2.75, 3.05) is 13.7 Å². The number of nitrogens with zero attached hydrogens (tertiary/aromatic N) is 4. The lowest BCUT2D eigenvalue weighted by molar-refractivity contribution is 0.0505. The molecule has 1 saturated heterocycles. The highest BCUT2D eigenvalue weighted by atomic mass is 19.1. The number of ether oxygens (including phenoxy) is 1. The van der Waals surface area contributed by atoms with Crippen molar-refractivity contribution in [3.8, 4) is 0 Å². The highest BCUT2D eigenvalue weighted by Crippen LogP contribution is 2.26. The fourth-order valence-electron chi connectivity index (χ4n) is 3.12. The Hall–Kier alpha value is -2.28. The molecule has 0 bridgehead atoms.